The summed E-state index contributed by atoms with van der Waals surface area (Å²) in [5.74, 6) is 0.519. The lowest BCUT2D eigenvalue weighted by molar-refractivity contribution is 0.537. The molecule has 0 saturated carbocycles. The average Bonchev–Trinajstić information content (AvgIpc) is 2.90. The molecule has 3 nitrogen and oxygen atoms in total. The molecule has 1 aromatic heterocycles. The van der Waals surface area contributed by atoms with E-state index in [4.69, 9.17) is 0 Å². The van der Waals surface area contributed by atoms with Crippen molar-refractivity contribution in [3.05, 3.63) is 53.9 Å². The summed E-state index contributed by atoms with van der Waals surface area (Å²) >= 11 is 0. The maximum absolute atomic E-state index is 3.96. The molecular formula is C14H19N3. The molecule has 0 aliphatic carbocycles. The van der Waals surface area contributed by atoms with Gasteiger partial charge in [-0.2, -0.15) is 5.10 Å². The topological polar surface area (TPSA) is 40.7 Å². The van der Waals surface area contributed by atoms with Gasteiger partial charge in [-0.15, -0.1) is 0 Å². The molecule has 0 spiro atoms. The van der Waals surface area contributed by atoms with Gasteiger partial charge < -0.3 is 5.32 Å². The number of nitrogens with one attached hydrogen (secondary N) is 2. The molecule has 1 heterocycles. The summed E-state index contributed by atoms with van der Waals surface area (Å²) in [5.41, 5.74) is 2.57. The van der Waals surface area contributed by atoms with Crippen LogP contribution in [0.5, 0.6) is 0 Å². The van der Waals surface area contributed by atoms with Crippen LogP contribution in [0.3, 0.4) is 0 Å². The average molecular weight is 229 g/mol. The molecule has 2 N–H and O–H groups in total. The molecule has 0 aliphatic heterocycles. The fourth-order valence-electron chi connectivity index (χ4n) is 1.87. The van der Waals surface area contributed by atoms with Crippen LogP contribution in [-0.2, 0) is 0 Å². The Morgan fingerprint density at radius 1 is 1.18 bits per heavy atom. The SMILES string of the molecule is CC(CNC(C)c1cn[nH]c1)c1ccccc1. The highest BCUT2D eigenvalue weighted by Crippen LogP contribution is 2.15. The van der Waals surface area contributed by atoms with Crippen molar-refractivity contribution in [2.75, 3.05) is 6.54 Å². The van der Waals surface area contributed by atoms with Gasteiger partial charge in [-0.25, -0.2) is 0 Å². The fourth-order valence-corrected chi connectivity index (χ4v) is 1.87. The van der Waals surface area contributed by atoms with E-state index in [9.17, 15) is 0 Å². The second-order valence-corrected chi connectivity index (χ2v) is 4.47. The van der Waals surface area contributed by atoms with Crippen molar-refractivity contribution in [2.45, 2.75) is 25.8 Å². The molecule has 0 fully saturated rings. The number of aromatic amines is 1. The van der Waals surface area contributed by atoms with Crippen LogP contribution in [0.2, 0.25) is 0 Å². The van der Waals surface area contributed by atoms with E-state index in [-0.39, 0.29) is 0 Å². The lowest BCUT2D eigenvalue weighted by atomic mass is 10.0. The minimum atomic E-state index is 0.333. The Bertz CT molecular complexity index is 422. The Morgan fingerprint density at radius 2 is 1.94 bits per heavy atom. The lowest BCUT2D eigenvalue weighted by Gasteiger charge is -2.17. The zero-order valence-corrected chi connectivity index (χ0v) is 10.4. The van der Waals surface area contributed by atoms with Crippen molar-refractivity contribution in [1.29, 1.82) is 0 Å². The van der Waals surface area contributed by atoms with Gasteiger partial charge >= 0.3 is 0 Å². The van der Waals surface area contributed by atoms with Gasteiger partial charge in [0.25, 0.3) is 0 Å². The minimum absolute atomic E-state index is 0.333. The molecule has 2 unspecified atom stereocenters. The Kier molecular flexibility index (Phi) is 3.94. The summed E-state index contributed by atoms with van der Waals surface area (Å²) in [6.45, 7) is 5.36. The summed E-state index contributed by atoms with van der Waals surface area (Å²) < 4.78 is 0. The van der Waals surface area contributed by atoms with Gasteiger partial charge in [0.1, 0.15) is 0 Å². The van der Waals surface area contributed by atoms with Crippen LogP contribution in [0.25, 0.3) is 0 Å². The van der Waals surface area contributed by atoms with Crippen LogP contribution in [0.1, 0.15) is 36.9 Å². The first-order valence-corrected chi connectivity index (χ1v) is 6.04. The Morgan fingerprint density at radius 3 is 2.59 bits per heavy atom. The number of hydrogen-bond donors (Lipinski definition) is 2. The summed E-state index contributed by atoms with van der Waals surface area (Å²) in [4.78, 5) is 0. The van der Waals surface area contributed by atoms with E-state index in [0.29, 0.717) is 12.0 Å². The normalized spacial score (nSPS) is 14.5. The first-order valence-electron chi connectivity index (χ1n) is 6.04. The molecule has 1 aromatic carbocycles. The van der Waals surface area contributed by atoms with Crippen LogP contribution in [0, 0.1) is 0 Å². The summed E-state index contributed by atoms with van der Waals surface area (Å²) in [6.07, 6.45) is 3.80. The molecular weight excluding hydrogens is 210 g/mol. The number of benzene rings is 1. The molecule has 2 aromatic rings. The van der Waals surface area contributed by atoms with E-state index in [2.05, 4.69) is 59.7 Å². The second kappa shape index (κ2) is 5.64. The second-order valence-electron chi connectivity index (χ2n) is 4.47. The van der Waals surface area contributed by atoms with Gasteiger partial charge in [0.15, 0.2) is 0 Å². The largest absolute Gasteiger partial charge is 0.309 e. The van der Waals surface area contributed by atoms with Crippen LogP contribution in [0.4, 0.5) is 0 Å². The van der Waals surface area contributed by atoms with E-state index in [1.807, 2.05) is 12.4 Å². The molecule has 2 atom stereocenters. The molecule has 90 valence electrons. The highest BCUT2D eigenvalue weighted by molar-refractivity contribution is 5.19. The van der Waals surface area contributed by atoms with Crippen molar-refractivity contribution in [2.24, 2.45) is 0 Å². The van der Waals surface area contributed by atoms with Gasteiger partial charge in [0.05, 0.1) is 6.20 Å². The quantitative estimate of drug-likeness (QED) is 0.827. The third kappa shape index (κ3) is 3.17. The Hall–Kier alpha value is -1.61. The molecule has 2 rings (SSSR count). The van der Waals surface area contributed by atoms with E-state index in [0.717, 1.165) is 6.54 Å². The number of nitrogens with zero attached hydrogens (tertiary/aromatic N) is 1. The van der Waals surface area contributed by atoms with Crippen LogP contribution >= 0.6 is 0 Å². The molecule has 0 aliphatic rings. The fraction of sp³-hybridized carbons (Fsp3) is 0.357. The standard InChI is InChI=1S/C14H19N3/c1-11(13-6-4-3-5-7-13)8-15-12(2)14-9-16-17-10-14/h3-7,9-12,15H,8H2,1-2H3,(H,16,17). The first kappa shape index (κ1) is 11.9. The van der Waals surface area contributed by atoms with Gasteiger partial charge in [-0.3, -0.25) is 5.10 Å². The molecule has 3 heteroatoms. The zero-order valence-electron chi connectivity index (χ0n) is 10.4. The van der Waals surface area contributed by atoms with Gasteiger partial charge in [0, 0.05) is 24.3 Å². The molecule has 0 amide bonds. The number of aromatic nitrogens is 2. The minimum Gasteiger partial charge on any atom is -0.309 e. The molecule has 0 bridgehead atoms. The van der Waals surface area contributed by atoms with Crippen molar-refractivity contribution in [3.8, 4) is 0 Å². The van der Waals surface area contributed by atoms with E-state index in [1.54, 1.807) is 0 Å². The summed E-state index contributed by atoms with van der Waals surface area (Å²) in [6, 6.07) is 10.9. The number of H-pyrrole nitrogens is 1. The van der Waals surface area contributed by atoms with Gasteiger partial charge in [0.2, 0.25) is 0 Å². The van der Waals surface area contributed by atoms with Crippen LogP contribution < -0.4 is 5.32 Å². The Balaban J connectivity index is 1.86. The van der Waals surface area contributed by atoms with Gasteiger partial charge in [-0.05, 0) is 18.4 Å². The number of rotatable bonds is 5. The van der Waals surface area contributed by atoms with E-state index >= 15 is 0 Å². The molecule has 0 saturated heterocycles. The van der Waals surface area contributed by atoms with Crippen molar-refractivity contribution in [1.82, 2.24) is 15.5 Å². The van der Waals surface area contributed by atoms with Crippen molar-refractivity contribution < 1.29 is 0 Å². The predicted octanol–water partition coefficient (Wildman–Crippen LogP) is 2.86. The maximum atomic E-state index is 3.96. The lowest BCUT2D eigenvalue weighted by Crippen LogP contribution is -2.23. The van der Waals surface area contributed by atoms with Gasteiger partial charge in [-0.1, -0.05) is 37.3 Å². The molecule has 17 heavy (non-hydrogen) atoms. The van der Waals surface area contributed by atoms with E-state index < -0.39 is 0 Å². The zero-order chi connectivity index (χ0) is 12.1. The number of hydrogen-bond acceptors (Lipinski definition) is 2. The third-order valence-corrected chi connectivity index (χ3v) is 3.12. The monoisotopic (exact) mass is 229 g/mol. The smallest absolute Gasteiger partial charge is 0.0534 e. The summed E-state index contributed by atoms with van der Waals surface area (Å²) in [7, 11) is 0. The van der Waals surface area contributed by atoms with E-state index in [1.165, 1.54) is 11.1 Å². The third-order valence-electron chi connectivity index (χ3n) is 3.12. The highest BCUT2D eigenvalue weighted by Gasteiger charge is 2.09. The van der Waals surface area contributed by atoms with Crippen molar-refractivity contribution >= 4 is 0 Å². The summed E-state index contributed by atoms with van der Waals surface area (Å²) in [5, 5.41) is 10.3. The predicted molar refractivity (Wildman–Crippen MR) is 69.9 cm³/mol. The van der Waals surface area contributed by atoms with Crippen LogP contribution in [-0.4, -0.2) is 16.7 Å². The van der Waals surface area contributed by atoms with Crippen LogP contribution in [0.15, 0.2) is 42.7 Å². The molecule has 0 radical (unpaired) electrons. The highest BCUT2D eigenvalue weighted by atomic mass is 15.1. The first-order chi connectivity index (χ1) is 8.27. The Labute approximate surface area is 102 Å². The maximum Gasteiger partial charge on any atom is 0.0534 e. The van der Waals surface area contributed by atoms with Crippen molar-refractivity contribution in [3.63, 3.8) is 0 Å².